The van der Waals surface area contributed by atoms with E-state index in [1.165, 1.54) is 11.5 Å². The molecule has 0 fully saturated rings. The monoisotopic (exact) mass is 219 g/mol. The van der Waals surface area contributed by atoms with Gasteiger partial charge < -0.3 is 10.4 Å². The van der Waals surface area contributed by atoms with Crippen LogP contribution in [0.2, 0.25) is 0 Å². The molecule has 0 radical (unpaired) electrons. The third kappa shape index (κ3) is 4.04. The van der Waals surface area contributed by atoms with Crippen LogP contribution in [-0.2, 0) is 0 Å². The Labute approximate surface area is 85.9 Å². The van der Waals surface area contributed by atoms with Gasteiger partial charge in [-0.3, -0.25) is 0 Å². The largest absolute Gasteiger partial charge is 0.395 e. The van der Waals surface area contributed by atoms with E-state index in [2.05, 4.69) is 14.7 Å². The fourth-order valence-electron chi connectivity index (χ4n) is 0.842. The summed E-state index contributed by atoms with van der Waals surface area (Å²) in [4.78, 5) is 4.05. The standard InChI is InChI=1S/C7H13N3OS2/c1-8-6(4-11)2-3-12-7-9-5-10-13-7/h5-6,8,11H,2-4H2,1H3. The number of aliphatic hydroxyl groups excluding tert-OH is 1. The lowest BCUT2D eigenvalue weighted by atomic mass is 10.2. The Morgan fingerprint density at radius 1 is 1.77 bits per heavy atom. The van der Waals surface area contributed by atoms with E-state index in [9.17, 15) is 0 Å². The molecular formula is C7H13N3OS2. The Kier molecular flexibility index (Phi) is 5.29. The second-order valence-corrected chi connectivity index (χ2v) is 4.63. The minimum Gasteiger partial charge on any atom is -0.395 e. The average Bonchev–Trinajstić information content (AvgIpc) is 2.65. The highest BCUT2D eigenvalue weighted by Gasteiger charge is 2.04. The first kappa shape index (κ1) is 10.9. The zero-order chi connectivity index (χ0) is 9.52. The lowest BCUT2D eigenvalue weighted by Crippen LogP contribution is -2.29. The van der Waals surface area contributed by atoms with Gasteiger partial charge in [0.15, 0.2) is 4.34 Å². The molecule has 0 aromatic carbocycles. The Balaban J connectivity index is 2.13. The van der Waals surface area contributed by atoms with E-state index >= 15 is 0 Å². The van der Waals surface area contributed by atoms with Gasteiger partial charge in [-0.25, -0.2) is 4.98 Å². The fourth-order valence-corrected chi connectivity index (χ4v) is 2.41. The van der Waals surface area contributed by atoms with Crippen LogP contribution >= 0.6 is 23.3 Å². The van der Waals surface area contributed by atoms with E-state index in [0.29, 0.717) is 0 Å². The van der Waals surface area contributed by atoms with Crippen LogP contribution in [0.25, 0.3) is 0 Å². The van der Waals surface area contributed by atoms with Crippen LogP contribution in [-0.4, -0.2) is 39.9 Å². The van der Waals surface area contributed by atoms with Gasteiger partial charge in [-0.15, -0.1) is 0 Å². The average molecular weight is 219 g/mol. The van der Waals surface area contributed by atoms with E-state index in [-0.39, 0.29) is 12.6 Å². The normalized spacial score (nSPS) is 13.1. The molecule has 0 aliphatic carbocycles. The first-order valence-electron chi connectivity index (χ1n) is 4.04. The molecule has 2 N–H and O–H groups in total. The molecule has 0 saturated carbocycles. The van der Waals surface area contributed by atoms with Gasteiger partial charge in [0.1, 0.15) is 6.33 Å². The molecule has 1 rings (SSSR count). The number of aliphatic hydroxyl groups is 1. The molecule has 0 amide bonds. The van der Waals surface area contributed by atoms with E-state index in [1.807, 2.05) is 7.05 Å². The highest BCUT2D eigenvalue weighted by molar-refractivity contribution is 8.00. The summed E-state index contributed by atoms with van der Waals surface area (Å²) < 4.78 is 4.90. The predicted octanol–water partition coefficient (Wildman–Crippen LogP) is 0.601. The van der Waals surface area contributed by atoms with Crippen molar-refractivity contribution in [3.05, 3.63) is 6.33 Å². The van der Waals surface area contributed by atoms with E-state index in [1.54, 1.807) is 18.1 Å². The van der Waals surface area contributed by atoms with Crippen LogP contribution in [0.5, 0.6) is 0 Å². The molecule has 1 atom stereocenters. The van der Waals surface area contributed by atoms with E-state index in [4.69, 9.17) is 5.11 Å². The summed E-state index contributed by atoms with van der Waals surface area (Å²) in [7, 11) is 1.86. The van der Waals surface area contributed by atoms with Crippen LogP contribution in [0.4, 0.5) is 0 Å². The van der Waals surface area contributed by atoms with Gasteiger partial charge in [-0.05, 0) is 25.0 Å². The van der Waals surface area contributed by atoms with Crippen molar-refractivity contribution in [3.8, 4) is 0 Å². The maximum absolute atomic E-state index is 8.89. The van der Waals surface area contributed by atoms with Gasteiger partial charge in [-0.2, -0.15) is 4.37 Å². The Hall–Kier alpha value is -0.170. The summed E-state index contributed by atoms with van der Waals surface area (Å²) in [6, 6.07) is 0.195. The highest BCUT2D eigenvalue weighted by Crippen LogP contribution is 2.19. The summed E-state index contributed by atoms with van der Waals surface area (Å²) in [5, 5.41) is 11.9. The van der Waals surface area contributed by atoms with Crippen LogP contribution in [0.3, 0.4) is 0 Å². The van der Waals surface area contributed by atoms with Gasteiger partial charge in [0.05, 0.1) is 6.61 Å². The number of aromatic nitrogens is 2. The molecule has 0 aliphatic heterocycles. The number of nitrogens with one attached hydrogen (secondary N) is 1. The number of likely N-dealkylation sites (N-methyl/N-ethyl adjacent to an activating group) is 1. The molecule has 0 aliphatic rings. The van der Waals surface area contributed by atoms with Crippen LogP contribution in [0.1, 0.15) is 6.42 Å². The number of rotatable bonds is 6. The number of hydrogen-bond donors (Lipinski definition) is 2. The number of hydrogen-bond acceptors (Lipinski definition) is 6. The van der Waals surface area contributed by atoms with Crippen molar-refractivity contribution >= 4 is 23.3 Å². The zero-order valence-corrected chi connectivity index (χ0v) is 9.07. The maximum Gasteiger partial charge on any atom is 0.169 e. The third-order valence-electron chi connectivity index (χ3n) is 1.66. The topological polar surface area (TPSA) is 58.0 Å². The SMILES string of the molecule is CNC(CO)CCSc1ncns1. The second kappa shape index (κ2) is 6.31. The van der Waals surface area contributed by atoms with Crippen molar-refractivity contribution in [1.82, 2.24) is 14.7 Å². The van der Waals surface area contributed by atoms with Gasteiger partial charge in [0, 0.05) is 11.8 Å². The van der Waals surface area contributed by atoms with Crippen molar-refractivity contribution in [3.63, 3.8) is 0 Å². The van der Waals surface area contributed by atoms with E-state index < -0.39 is 0 Å². The van der Waals surface area contributed by atoms with Gasteiger partial charge in [0.2, 0.25) is 0 Å². The smallest absolute Gasteiger partial charge is 0.169 e. The number of thioether (sulfide) groups is 1. The molecule has 0 spiro atoms. The Morgan fingerprint density at radius 2 is 2.62 bits per heavy atom. The third-order valence-corrected chi connectivity index (χ3v) is 3.49. The minimum atomic E-state index is 0.188. The first-order valence-corrected chi connectivity index (χ1v) is 5.80. The molecular weight excluding hydrogens is 206 g/mol. The summed E-state index contributed by atoms with van der Waals surface area (Å²) in [5.74, 6) is 0.960. The maximum atomic E-state index is 8.89. The minimum absolute atomic E-state index is 0.188. The first-order chi connectivity index (χ1) is 6.36. The Bertz CT molecular complexity index is 214. The summed E-state index contributed by atoms with van der Waals surface area (Å²) >= 11 is 3.09. The van der Waals surface area contributed by atoms with E-state index in [0.717, 1.165) is 16.5 Å². The quantitative estimate of drug-likeness (QED) is 0.686. The molecule has 1 aromatic rings. The lowest BCUT2D eigenvalue weighted by molar-refractivity contribution is 0.246. The fraction of sp³-hybridized carbons (Fsp3) is 0.714. The summed E-state index contributed by atoms with van der Waals surface area (Å²) in [6.07, 6.45) is 2.51. The van der Waals surface area contributed by atoms with Crippen LogP contribution < -0.4 is 5.32 Å². The second-order valence-electron chi connectivity index (χ2n) is 2.51. The van der Waals surface area contributed by atoms with Gasteiger partial charge in [-0.1, -0.05) is 11.8 Å². The van der Waals surface area contributed by atoms with Crippen LogP contribution in [0, 0.1) is 0 Å². The number of nitrogens with zero attached hydrogens (tertiary/aromatic N) is 2. The lowest BCUT2D eigenvalue weighted by Gasteiger charge is -2.10. The van der Waals surface area contributed by atoms with Crippen molar-refractivity contribution < 1.29 is 5.11 Å². The molecule has 1 aromatic heterocycles. The molecule has 4 nitrogen and oxygen atoms in total. The molecule has 6 heteroatoms. The van der Waals surface area contributed by atoms with Crippen molar-refractivity contribution in [2.45, 2.75) is 16.8 Å². The van der Waals surface area contributed by atoms with Crippen molar-refractivity contribution in [1.29, 1.82) is 0 Å². The highest BCUT2D eigenvalue weighted by atomic mass is 32.2. The molecule has 1 heterocycles. The molecule has 74 valence electrons. The van der Waals surface area contributed by atoms with Crippen LogP contribution in [0.15, 0.2) is 10.7 Å². The molecule has 13 heavy (non-hydrogen) atoms. The molecule has 1 unspecified atom stereocenters. The van der Waals surface area contributed by atoms with Crippen molar-refractivity contribution in [2.75, 3.05) is 19.4 Å². The van der Waals surface area contributed by atoms with Gasteiger partial charge >= 0.3 is 0 Å². The van der Waals surface area contributed by atoms with Gasteiger partial charge in [0.25, 0.3) is 0 Å². The molecule has 0 saturated heterocycles. The molecule has 0 bridgehead atoms. The Morgan fingerprint density at radius 3 is 3.15 bits per heavy atom. The summed E-state index contributed by atoms with van der Waals surface area (Å²) in [5.41, 5.74) is 0. The predicted molar refractivity (Wildman–Crippen MR) is 55.2 cm³/mol. The zero-order valence-electron chi connectivity index (χ0n) is 7.43. The summed E-state index contributed by atoms with van der Waals surface area (Å²) in [6.45, 7) is 0.188. The van der Waals surface area contributed by atoms with Crippen molar-refractivity contribution in [2.24, 2.45) is 0 Å².